The van der Waals surface area contributed by atoms with E-state index in [0.717, 1.165) is 17.5 Å². The summed E-state index contributed by atoms with van der Waals surface area (Å²) in [5, 5.41) is 7.48. The molecule has 0 bridgehead atoms. The molecule has 1 unspecified atom stereocenters. The van der Waals surface area contributed by atoms with E-state index in [1.165, 1.54) is 6.20 Å². The lowest BCUT2D eigenvalue weighted by Crippen LogP contribution is -2.15. The summed E-state index contributed by atoms with van der Waals surface area (Å²) in [6.45, 7) is 3.67. The molecule has 0 aliphatic carbocycles. The van der Waals surface area contributed by atoms with Crippen molar-refractivity contribution in [2.45, 2.75) is 24.8 Å². The molecule has 130 valence electrons. The monoisotopic (exact) mass is 357 g/mol. The van der Waals surface area contributed by atoms with Crippen LogP contribution in [0.1, 0.15) is 24.4 Å². The van der Waals surface area contributed by atoms with Crippen LogP contribution in [0.4, 0.5) is 5.82 Å². The molecule has 0 aliphatic rings. The summed E-state index contributed by atoms with van der Waals surface area (Å²) in [4.78, 5) is 8.36. The third-order valence-electron chi connectivity index (χ3n) is 3.78. The fourth-order valence-electron chi connectivity index (χ4n) is 2.59. The minimum absolute atomic E-state index is 0.0847. The highest BCUT2D eigenvalue weighted by atomic mass is 32.2. The van der Waals surface area contributed by atoms with Crippen molar-refractivity contribution in [1.29, 1.82) is 0 Å². The van der Waals surface area contributed by atoms with Gasteiger partial charge in [-0.25, -0.2) is 23.1 Å². The zero-order valence-corrected chi connectivity index (χ0v) is 15.0. The summed E-state index contributed by atoms with van der Waals surface area (Å²) in [6.07, 6.45) is 6.06. The van der Waals surface area contributed by atoms with Crippen molar-refractivity contribution in [1.82, 2.24) is 19.7 Å². The normalized spacial score (nSPS) is 12.8. The molecule has 1 aromatic carbocycles. The van der Waals surface area contributed by atoms with Gasteiger partial charge in [0.15, 0.2) is 9.84 Å². The number of nitrogens with zero attached hydrogens (tertiary/aromatic N) is 4. The molecule has 1 N–H and O–H groups in total. The quantitative estimate of drug-likeness (QED) is 0.755. The number of sulfone groups is 1. The molecule has 3 aromatic rings. The molecule has 8 heteroatoms. The fraction of sp³-hybridized carbons (Fsp3) is 0.235. The minimum atomic E-state index is -3.44. The van der Waals surface area contributed by atoms with Crippen molar-refractivity contribution in [2.24, 2.45) is 0 Å². The van der Waals surface area contributed by atoms with Gasteiger partial charge in [0.2, 0.25) is 0 Å². The zero-order valence-electron chi connectivity index (χ0n) is 14.2. The van der Waals surface area contributed by atoms with Gasteiger partial charge >= 0.3 is 0 Å². The van der Waals surface area contributed by atoms with Crippen LogP contribution < -0.4 is 5.32 Å². The Morgan fingerprint density at radius 2 is 1.96 bits per heavy atom. The Morgan fingerprint density at radius 3 is 2.64 bits per heavy atom. The molecule has 1 atom stereocenters. The third-order valence-corrected chi connectivity index (χ3v) is 4.88. The molecule has 0 saturated heterocycles. The van der Waals surface area contributed by atoms with Crippen LogP contribution in [0.2, 0.25) is 0 Å². The third kappa shape index (κ3) is 3.69. The maximum atomic E-state index is 12.0. The molecule has 0 aliphatic heterocycles. The molecule has 2 aromatic heterocycles. The van der Waals surface area contributed by atoms with Crippen LogP contribution in [0.15, 0.2) is 53.8 Å². The minimum Gasteiger partial charge on any atom is -0.362 e. The number of hydrogen-bond acceptors (Lipinski definition) is 6. The van der Waals surface area contributed by atoms with Crippen molar-refractivity contribution in [2.75, 3.05) is 11.6 Å². The number of aromatic nitrogens is 4. The van der Waals surface area contributed by atoms with Crippen LogP contribution in [0.3, 0.4) is 0 Å². The Kier molecular flexibility index (Phi) is 4.54. The second-order valence-electron chi connectivity index (χ2n) is 5.78. The lowest BCUT2D eigenvalue weighted by atomic mass is 10.1. The predicted octanol–water partition coefficient (Wildman–Crippen LogP) is 2.55. The SMILES string of the molecule is Cc1ncc(S(C)(=O)=O)c(NC(C)c2ccccc2-n2cccn2)n1. The highest BCUT2D eigenvalue weighted by molar-refractivity contribution is 7.90. The second kappa shape index (κ2) is 6.64. The second-order valence-corrected chi connectivity index (χ2v) is 7.76. The number of para-hydroxylation sites is 1. The summed E-state index contributed by atoms with van der Waals surface area (Å²) < 4.78 is 25.8. The van der Waals surface area contributed by atoms with Crippen LogP contribution in [-0.2, 0) is 9.84 Å². The smallest absolute Gasteiger partial charge is 0.180 e. The Morgan fingerprint density at radius 1 is 1.20 bits per heavy atom. The number of rotatable bonds is 5. The van der Waals surface area contributed by atoms with Gasteiger partial charge in [-0.1, -0.05) is 18.2 Å². The van der Waals surface area contributed by atoms with Crippen LogP contribution in [-0.4, -0.2) is 34.4 Å². The lowest BCUT2D eigenvalue weighted by molar-refractivity contribution is 0.601. The van der Waals surface area contributed by atoms with E-state index in [2.05, 4.69) is 20.4 Å². The molecule has 7 nitrogen and oxygen atoms in total. The standard InChI is InChI=1S/C17H19N5O2S/c1-12(14-7-4-5-8-15(14)22-10-6-9-19-22)20-17-16(25(3,23)24)11-18-13(2)21-17/h4-12H,1-3H3,(H,18,20,21). The highest BCUT2D eigenvalue weighted by Gasteiger charge is 2.19. The molecule has 0 saturated carbocycles. The van der Waals surface area contributed by atoms with Gasteiger partial charge in [-0.3, -0.25) is 0 Å². The maximum absolute atomic E-state index is 12.0. The molecule has 0 amide bonds. The van der Waals surface area contributed by atoms with E-state index in [4.69, 9.17) is 0 Å². The van der Waals surface area contributed by atoms with Crippen molar-refractivity contribution >= 4 is 15.7 Å². The van der Waals surface area contributed by atoms with E-state index in [1.54, 1.807) is 17.8 Å². The number of anilines is 1. The number of benzene rings is 1. The fourth-order valence-corrected chi connectivity index (χ4v) is 3.29. The summed E-state index contributed by atoms with van der Waals surface area (Å²) in [5.74, 6) is 0.806. The van der Waals surface area contributed by atoms with Gasteiger partial charge in [-0.2, -0.15) is 5.10 Å². The summed E-state index contributed by atoms with van der Waals surface area (Å²) >= 11 is 0. The maximum Gasteiger partial charge on any atom is 0.180 e. The highest BCUT2D eigenvalue weighted by Crippen LogP contribution is 2.27. The average molecular weight is 357 g/mol. The van der Waals surface area contributed by atoms with E-state index in [-0.39, 0.29) is 10.9 Å². The van der Waals surface area contributed by atoms with Crippen LogP contribution >= 0.6 is 0 Å². The Bertz CT molecular complexity index is 984. The van der Waals surface area contributed by atoms with Gasteiger partial charge in [0.25, 0.3) is 0 Å². The first-order chi connectivity index (χ1) is 11.9. The lowest BCUT2D eigenvalue weighted by Gasteiger charge is -2.20. The zero-order chi connectivity index (χ0) is 18.0. The van der Waals surface area contributed by atoms with Crippen LogP contribution in [0, 0.1) is 6.92 Å². The first-order valence-corrected chi connectivity index (χ1v) is 9.64. The van der Waals surface area contributed by atoms with Crippen LogP contribution in [0.5, 0.6) is 0 Å². The van der Waals surface area contributed by atoms with E-state index in [1.807, 2.05) is 43.5 Å². The molecule has 0 fully saturated rings. The largest absolute Gasteiger partial charge is 0.362 e. The molecule has 25 heavy (non-hydrogen) atoms. The molecular formula is C17H19N5O2S. The first kappa shape index (κ1) is 17.1. The number of nitrogens with one attached hydrogen (secondary N) is 1. The molecular weight excluding hydrogens is 338 g/mol. The van der Waals surface area contributed by atoms with Gasteiger partial charge in [0, 0.05) is 18.6 Å². The Hall–Kier alpha value is -2.74. The summed E-state index contributed by atoms with van der Waals surface area (Å²) in [7, 11) is -3.44. The molecule has 2 heterocycles. The van der Waals surface area contributed by atoms with Gasteiger partial charge in [-0.05, 0) is 31.5 Å². The molecule has 3 rings (SSSR count). The average Bonchev–Trinajstić information content (AvgIpc) is 3.08. The van der Waals surface area contributed by atoms with Gasteiger partial charge in [-0.15, -0.1) is 0 Å². The predicted molar refractivity (Wildman–Crippen MR) is 95.5 cm³/mol. The van der Waals surface area contributed by atoms with Gasteiger partial charge in [0.1, 0.15) is 16.5 Å². The van der Waals surface area contributed by atoms with E-state index >= 15 is 0 Å². The van der Waals surface area contributed by atoms with Crippen LogP contribution in [0.25, 0.3) is 5.69 Å². The topological polar surface area (TPSA) is 89.8 Å². The van der Waals surface area contributed by atoms with Crippen molar-refractivity contribution < 1.29 is 8.42 Å². The summed E-state index contributed by atoms with van der Waals surface area (Å²) in [5.41, 5.74) is 1.89. The summed E-state index contributed by atoms with van der Waals surface area (Å²) in [6, 6.07) is 9.47. The number of aryl methyl sites for hydroxylation is 1. The van der Waals surface area contributed by atoms with E-state index in [9.17, 15) is 8.42 Å². The van der Waals surface area contributed by atoms with E-state index < -0.39 is 9.84 Å². The first-order valence-electron chi connectivity index (χ1n) is 7.75. The van der Waals surface area contributed by atoms with Crippen molar-refractivity contribution in [3.63, 3.8) is 0 Å². The number of hydrogen-bond donors (Lipinski definition) is 1. The van der Waals surface area contributed by atoms with Gasteiger partial charge < -0.3 is 5.32 Å². The van der Waals surface area contributed by atoms with Crippen molar-refractivity contribution in [3.8, 4) is 5.69 Å². The van der Waals surface area contributed by atoms with E-state index in [0.29, 0.717) is 11.6 Å². The Labute approximate surface area is 146 Å². The molecule has 0 radical (unpaired) electrons. The van der Waals surface area contributed by atoms with Crippen molar-refractivity contribution in [3.05, 3.63) is 60.3 Å². The molecule has 0 spiro atoms. The van der Waals surface area contributed by atoms with Gasteiger partial charge in [0.05, 0.1) is 17.9 Å². The Balaban J connectivity index is 2.00.